The molecule has 0 bridgehead atoms. The van der Waals surface area contributed by atoms with E-state index in [1.807, 2.05) is 0 Å². The lowest BCUT2D eigenvalue weighted by atomic mass is 10.2. The molecule has 2 atom stereocenters. The Balaban J connectivity index is 1.33. The van der Waals surface area contributed by atoms with Crippen LogP contribution >= 0.6 is 0 Å². The molecule has 2 aromatic rings. The van der Waals surface area contributed by atoms with Crippen molar-refractivity contribution in [1.82, 2.24) is 20.1 Å². The zero-order valence-corrected chi connectivity index (χ0v) is 16.9. The number of aliphatic hydroxyl groups excluding tert-OH is 1. The number of anilines is 2. The van der Waals surface area contributed by atoms with Gasteiger partial charge < -0.3 is 14.7 Å². The number of hydrogen-bond acceptors (Lipinski definition) is 8. The van der Waals surface area contributed by atoms with Crippen LogP contribution in [0.5, 0.6) is 0 Å². The second-order valence-electron chi connectivity index (χ2n) is 7.85. The standard InChI is InChI=1S/C19H20F2N6O5/c20-13-7-12(25-11-19(32-18(25)30)9-15(19)26-2-1-22-23-26)8-14(21)17(13)24-3-4-27(16(29)10-28)31-6-5-24/h1-2,7-8,15,28H,3-6,9-11H2/t15-,19-/m0/s1. The summed E-state index contributed by atoms with van der Waals surface area (Å²) in [6.45, 7) is -0.293. The first-order valence-electron chi connectivity index (χ1n) is 10.1. The Bertz CT molecular complexity index is 1030. The number of hydrogen-bond donors (Lipinski definition) is 1. The van der Waals surface area contributed by atoms with Crippen molar-refractivity contribution in [2.75, 3.05) is 49.2 Å². The molecule has 0 radical (unpaired) electrons. The third-order valence-electron chi connectivity index (χ3n) is 5.91. The first-order valence-corrected chi connectivity index (χ1v) is 10.1. The Labute approximate surface area is 180 Å². The third-order valence-corrected chi connectivity index (χ3v) is 5.91. The zero-order chi connectivity index (χ0) is 22.5. The van der Waals surface area contributed by atoms with Gasteiger partial charge in [-0.25, -0.2) is 23.3 Å². The molecule has 13 heteroatoms. The first-order chi connectivity index (χ1) is 15.4. The maximum Gasteiger partial charge on any atom is 0.415 e. The van der Waals surface area contributed by atoms with Crippen molar-refractivity contribution in [2.45, 2.75) is 18.1 Å². The molecule has 1 N–H and O–H groups in total. The second-order valence-corrected chi connectivity index (χ2v) is 7.85. The minimum Gasteiger partial charge on any atom is -0.438 e. The van der Waals surface area contributed by atoms with Gasteiger partial charge in [0.15, 0.2) is 17.2 Å². The molecule has 170 valence electrons. The van der Waals surface area contributed by atoms with Crippen molar-refractivity contribution >= 4 is 23.4 Å². The fraction of sp³-hybridized carbons (Fsp3) is 0.474. The smallest absolute Gasteiger partial charge is 0.415 e. The van der Waals surface area contributed by atoms with E-state index in [-0.39, 0.29) is 50.2 Å². The van der Waals surface area contributed by atoms with Gasteiger partial charge in [0.2, 0.25) is 0 Å². The summed E-state index contributed by atoms with van der Waals surface area (Å²) in [6.07, 6.45) is 3.06. The average molecular weight is 450 g/mol. The van der Waals surface area contributed by atoms with Gasteiger partial charge in [0, 0.05) is 37.8 Å². The highest BCUT2D eigenvalue weighted by Gasteiger charge is 2.65. The predicted octanol–water partition coefficient (Wildman–Crippen LogP) is 0.469. The Hall–Kier alpha value is -3.32. The monoisotopic (exact) mass is 450 g/mol. The molecular weight excluding hydrogens is 430 g/mol. The fourth-order valence-electron chi connectivity index (χ4n) is 4.21. The van der Waals surface area contributed by atoms with Gasteiger partial charge in [-0.2, -0.15) is 0 Å². The van der Waals surface area contributed by atoms with E-state index in [2.05, 4.69) is 10.3 Å². The van der Waals surface area contributed by atoms with E-state index in [1.54, 1.807) is 10.9 Å². The number of aliphatic hydroxyl groups is 1. The van der Waals surface area contributed by atoms with E-state index in [1.165, 1.54) is 16.0 Å². The van der Waals surface area contributed by atoms with Crippen molar-refractivity contribution in [3.8, 4) is 0 Å². The molecule has 32 heavy (non-hydrogen) atoms. The number of rotatable bonds is 4. The molecule has 2 amide bonds. The number of ether oxygens (including phenoxy) is 1. The van der Waals surface area contributed by atoms with Gasteiger partial charge in [-0.1, -0.05) is 5.21 Å². The van der Waals surface area contributed by atoms with Gasteiger partial charge in [-0.05, 0) is 0 Å². The van der Waals surface area contributed by atoms with Crippen LogP contribution in [0.1, 0.15) is 12.5 Å². The largest absolute Gasteiger partial charge is 0.438 e. The number of nitrogens with zero attached hydrogens (tertiary/aromatic N) is 6. The lowest BCUT2D eigenvalue weighted by molar-refractivity contribution is -0.184. The summed E-state index contributed by atoms with van der Waals surface area (Å²) in [7, 11) is 0. The molecule has 2 saturated heterocycles. The van der Waals surface area contributed by atoms with Crippen LogP contribution < -0.4 is 9.80 Å². The van der Waals surface area contributed by atoms with Crippen molar-refractivity contribution in [1.29, 1.82) is 0 Å². The molecule has 1 aromatic heterocycles. The molecule has 2 aliphatic heterocycles. The van der Waals surface area contributed by atoms with Gasteiger partial charge >= 0.3 is 6.09 Å². The minimum absolute atomic E-state index is 0.0109. The summed E-state index contributed by atoms with van der Waals surface area (Å²) in [5.41, 5.74) is -1.01. The van der Waals surface area contributed by atoms with Crippen molar-refractivity contribution < 1.29 is 33.1 Å². The van der Waals surface area contributed by atoms with Gasteiger partial charge in [0.1, 0.15) is 12.3 Å². The number of aromatic nitrogens is 3. The van der Waals surface area contributed by atoms with E-state index < -0.39 is 35.8 Å². The van der Waals surface area contributed by atoms with Crippen LogP contribution in [-0.4, -0.2) is 82.2 Å². The van der Waals surface area contributed by atoms with E-state index >= 15 is 0 Å². The van der Waals surface area contributed by atoms with Crippen LogP contribution in [0.4, 0.5) is 25.0 Å². The summed E-state index contributed by atoms with van der Waals surface area (Å²) in [4.78, 5) is 31.9. The number of halogens is 2. The molecule has 1 spiro atoms. The van der Waals surface area contributed by atoms with Gasteiger partial charge in [0.05, 0.1) is 37.6 Å². The summed E-state index contributed by atoms with van der Waals surface area (Å²) in [5.74, 6) is -2.33. The van der Waals surface area contributed by atoms with Crippen LogP contribution in [0.3, 0.4) is 0 Å². The van der Waals surface area contributed by atoms with Gasteiger partial charge in [0.25, 0.3) is 5.91 Å². The highest BCUT2D eigenvalue weighted by atomic mass is 19.1. The lowest BCUT2D eigenvalue weighted by Crippen LogP contribution is -2.36. The first kappa shape index (κ1) is 20.6. The molecule has 1 aromatic carbocycles. The van der Waals surface area contributed by atoms with Crippen LogP contribution in [0.2, 0.25) is 0 Å². The molecular formula is C19H20F2N6O5. The summed E-state index contributed by atoms with van der Waals surface area (Å²) >= 11 is 0. The van der Waals surface area contributed by atoms with Crippen LogP contribution in [-0.2, 0) is 14.4 Å². The molecule has 3 aliphatic rings. The summed E-state index contributed by atoms with van der Waals surface area (Å²) in [6, 6.07) is 2.01. The molecule has 1 aliphatic carbocycles. The normalized spacial score (nSPS) is 25.3. The minimum atomic E-state index is -0.848. The number of carbonyl (C=O) groups excluding carboxylic acids is 2. The third kappa shape index (κ3) is 3.42. The molecule has 1 saturated carbocycles. The quantitative estimate of drug-likeness (QED) is 0.715. The lowest BCUT2D eigenvalue weighted by Gasteiger charge is -2.24. The second kappa shape index (κ2) is 7.67. The maximum absolute atomic E-state index is 15.0. The number of amides is 2. The topological polar surface area (TPSA) is 113 Å². The van der Waals surface area contributed by atoms with Crippen molar-refractivity contribution in [2.24, 2.45) is 0 Å². The Kier molecular flexibility index (Phi) is 4.93. The fourth-order valence-corrected chi connectivity index (χ4v) is 4.21. The van der Waals surface area contributed by atoms with E-state index in [9.17, 15) is 18.4 Å². The highest BCUT2D eigenvalue weighted by molar-refractivity contribution is 5.91. The number of carbonyl (C=O) groups is 2. The van der Waals surface area contributed by atoms with E-state index in [4.69, 9.17) is 14.7 Å². The average Bonchev–Trinajstić information content (AvgIpc) is 3.09. The van der Waals surface area contributed by atoms with Crippen molar-refractivity contribution in [3.05, 3.63) is 36.2 Å². The van der Waals surface area contributed by atoms with Crippen LogP contribution in [0, 0.1) is 11.6 Å². The molecule has 3 fully saturated rings. The highest BCUT2D eigenvalue weighted by Crippen LogP contribution is 2.54. The Morgan fingerprint density at radius 1 is 1.25 bits per heavy atom. The van der Waals surface area contributed by atoms with E-state index in [0.29, 0.717) is 6.42 Å². The SMILES string of the molecule is O=C(CO)N1CCN(c2c(F)cc(N3C[C@]4(C[C@@H]4n4ccnn4)OC3=O)cc2F)CCO1. The van der Waals surface area contributed by atoms with Crippen LogP contribution in [0.25, 0.3) is 0 Å². The summed E-state index contributed by atoms with van der Waals surface area (Å²) < 4.78 is 37.1. The maximum atomic E-state index is 15.0. The van der Waals surface area contributed by atoms with E-state index in [0.717, 1.165) is 17.2 Å². The molecule has 5 rings (SSSR count). The molecule has 3 heterocycles. The van der Waals surface area contributed by atoms with Crippen LogP contribution in [0.15, 0.2) is 24.5 Å². The molecule has 11 nitrogen and oxygen atoms in total. The van der Waals surface area contributed by atoms with Gasteiger partial charge in [-0.15, -0.1) is 5.10 Å². The Morgan fingerprint density at radius 3 is 2.72 bits per heavy atom. The predicted molar refractivity (Wildman–Crippen MR) is 104 cm³/mol. The van der Waals surface area contributed by atoms with Gasteiger partial charge in [-0.3, -0.25) is 14.5 Å². The summed E-state index contributed by atoms with van der Waals surface area (Å²) in [5, 5.41) is 17.6. The Morgan fingerprint density at radius 2 is 2.03 bits per heavy atom. The van der Waals surface area contributed by atoms with Crippen molar-refractivity contribution in [3.63, 3.8) is 0 Å². The zero-order valence-electron chi connectivity index (χ0n) is 16.9. The molecule has 0 unspecified atom stereocenters. The number of hydroxylamine groups is 2. The number of benzene rings is 1.